The minimum Gasteiger partial charge on any atom is -0.363 e. The number of carbonyl (C=O) groups excluding carboxylic acids is 2. The van der Waals surface area contributed by atoms with Crippen LogP contribution in [-0.4, -0.2) is 43.0 Å². The summed E-state index contributed by atoms with van der Waals surface area (Å²) >= 11 is 0. The largest absolute Gasteiger partial charge is 0.363 e. The molecule has 1 aliphatic rings. The monoisotopic (exact) mass is 374 g/mol. The van der Waals surface area contributed by atoms with Gasteiger partial charge in [0.2, 0.25) is 5.91 Å². The fourth-order valence-electron chi connectivity index (χ4n) is 2.97. The highest BCUT2D eigenvalue weighted by Gasteiger charge is 2.24. The SMILES string of the molecule is CC(=O)Nc1ccc(NC(=O)N2CCN(c3c(F)cccc3F)CC2)cc1. The van der Waals surface area contributed by atoms with Gasteiger partial charge in [0.25, 0.3) is 0 Å². The molecule has 2 aromatic rings. The second-order valence-electron chi connectivity index (χ2n) is 6.23. The van der Waals surface area contributed by atoms with Gasteiger partial charge in [-0.1, -0.05) is 6.07 Å². The van der Waals surface area contributed by atoms with Crippen LogP contribution in [-0.2, 0) is 4.79 Å². The maximum Gasteiger partial charge on any atom is 0.321 e. The Kier molecular flexibility index (Phi) is 5.54. The summed E-state index contributed by atoms with van der Waals surface area (Å²) < 4.78 is 27.8. The molecule has 0 radical (unpaired) electrons. The fourth-order valence-corrected chi connectivity index (χ4v) is 2.97. The van der Waals surface area contributed by atoms with Crippen LogP contribution >= 0.6 is 0 Å². The van der Waals surface area contributed by atoms with E-state index in [0.717, 1.165) is 0 Å². The highest BCUT2D eigenvalue weighted by atomic mass is 19.1. The molecule has 0 unspecified atom stereocenters. The number of hydrogen-bond donors (Lipinski definition) is 2. The minimum absolute atomic E-state index is 0.0499. The van der Waals surface area contributed by atoms with E-state index in [1.165, 1.54) is 25.1 Å². The number of nitrogens with one attached hydrogen (secondary N) is 2. The number of hydrogen-bond acceptors (Lipinski definition) is 3. The summed E-state index contributed by atoms with van der Waals surface area (Å²) in [6.45, 7) is 2.80. The molecular weight excluding hydrogens is 354 g/mol. The van der Waals surface area contributed by atoms with Gasteiger partial charge in [-0.05, 0) is 36.4 Å². The quantitative estimate of drug-likeness (QED) is 0.867. The molecule has 0 spiro atoms. The minimum atomic E-state index is -0.604. The number of para-hydroxylation sites is 1. The number of carbonyl (C=O) groups is 2. The molecule has 3 rings (SSSR count). The Hall–Kier alpha value is -3.16. The number of nitrogens with zero attached hydrogens (tertiary/aromatic N) is 2. The van der Waals surface area contributed by atoms with Crippen molar-refractivity contribution in [2.45, 2.75) is 6.92 Å². The molecule has 0 aliphatic carbocycles. The van der Waals surface area contributed by atoms with Crippen LogP contribution in [0.1, 0.15) is 6.92 Å². The second-order valence-corrected chi connectivity index (χ2v) is 6.23. The van der Waals surface area contributed by atoms with Crippen molar-refractivity contribution in [1.29, 1.82) is 0 Å². The van der Waals surface area contributed by atoms with Crippen molar-refractivity contribution in [3.63, 3.8) is 0 Å². The molecule has 3 amide bonds. The van der Waals surface area contributed by atoms with Crippen LogP contribution in [0, 0.1) is 11.6 Å². The van der Waals surface area contributed by atoms with E-state index in [1.807, 2.05) is 0 Å². The summed E-state index contributed by atoms with van der Waals surface area (Å²) in [5.41, 5.74) is 1.18. The molecule has 1 fully saturated rings. The van der Waals surface area contributed by atoms with Gasteiger partial charge in [0, 0.05) is 44.5 Å². The van der Waals surface area contributed by atoms with Crippen LogP contribution in [0.2, 0.25) is 0 Å². The maximum absolute atomic E-state index is 13.9. The Morgan fingerprint density at radius 3 is 1.89 bits per heavy atom. The normalized spacial score (nSPS) is 14.0. The van der Waals surface area contributed by atoms with Gasteiger partial charge in [0.1, 0.15) is 17.3 Å². The zero-order chi connectivity index (χ0) is 19.4. The van der Waals surface area contributed by atoms with E-state index in [1.54, 1.807) is 34.1 Å². The molecule has 6 nitrogen and oxygen atoms in total. The predicted molar refractivity (Wildman–Crippen MR) is 99.9 cm³/mol. The van der Waals surface area contributed by atoms with E-state index in [4.69, 9.17) is 0 Å². The van der Waals surface area contributed by atoms with Gasteiger partial charge in [-0.15, -0.1) is 0 Å². The molecule has 0 saturated carbocycles. The van der Waals surface area contributed by atoms with Gasteiger partial charge in [-0.2, -0.15) is 0 Å². The average molecular weight is 374 g/mol. The van der Waals surface area contributed by atoms with E-state index in [0.29, 0.717) is 37.6 Å². The number of amides is 3. The van der Waals surface area contributed by atoms with Crippen molar-refractivity contribution in [1.82, 2.24) is 4.90 Å². The average Bonchev–Trinajstić information content (AvgIpc) is 2.63. The molecule has 0 atom stereocenters. The van der Waals surface area contributed by atoms with Crippen molar-refractivity contribution in [3.8, 4) is 0 Å². The van der Waals surface area contributed by atoms with Gasteiger partial charge in [-0.3, -0.25) is 4.79 Å². The Labute approximate surface area is 155 Å². The molecule has 1 heterocycles. The van der Waals surface area contributed by atoms with Crippen LogP contribution in [0.5, 0.6) is 0 Å². The first-order valence-corrected chi connectivity index (χ1v) is 8.56. The van der Waals surface area contributed by atoms with Crippen molar-refractivity contribution >= 4 is 29.0 Å². The molecule has 2 N–H and O–H groups in total. The number of benzene rings is 2. The third kappa shape index (κ3) is 4.52. The van der Waals surface area contributed by atoms with Crippen molar-refractivity contribution in [2.75, 3.05) is 41.7 Å². The van der Waals surface area contributed by atoms with Crippen molar-refractivity contribution in [2.24, 2.45) is 0 Å². The Bertz CT molecular complexity index is 814. The third-order valence-electron chi connectivity index (χ3n) is 4.28. The van der Waals surface area contributed by atoms with Gasteiger partial charge in [-0.25, -0.2) is 13.6 Å². The summed E-state index contributed by atoms with van der Waals surface area (Å²) in [4.78, 5) is 26.6. The lowest BCUT2D eigenvalue weighted by molar-refractivity contribution is -0.114. The summed E-state index contributed by atoms with van der Waals surface area (Å²) in [5.74, 6) is -1.38. The lowest BCUT2D eigenvalue weighted by Gasteiger charge is -2.36. The Balaban J connectivity index is 1.56. The maximum atomic E-state index is 13.9. The standard InChI is InChI=1S/C19H20F2N4O2/c1-13(26)22-14-5-7-15(8-6-14)23-19(27)25-11-9-24(10-12-25)18-16(20)3-2-4-17(18)21/h2-8H,9-12H2,1H3,(H,22,26)(H,23,27). The van der Waals surface area contributed by atoms with E-state index in [9.17, 15) is 18.4 Å². The highest BCUT2D eigenvalue weighted by Crippen LogP contribution is 2.24. The first kappa shape index (κ1) is 18.6. The first-order chi connectivity index (χ1) is 12.9. The number of halogens is 2. The number of piperazine rings is 1. The van der Waals surface area contributed by atoms with Gasteiger partial charge < -0.3 is 20.4 Å². The molecular formula is C19H20F2N4O2. The molecule has 0 bridgehead atoms. The van der Waals surface area contributed by atoms with Crippen molar-refractivity contribution in [3.05, 3.63) is 54.1 Å². The summed E-state index contributed by atoms with van der Waals surface area (Å²) in [5, 5.41) is 5.43. The number of rotatable bonds is 3. The summed E-state index contributed by atoms with van der Waals surface area (Å²) in [7, 11) is 0. The summed E-state index contributed by atoms with van der Waals surface area (Å²) in [6, 6.07) is 10.3. The van der Waals surface area contributed by atoms with E-state index < -0.39 is 11.6 Å². The van der Waals surface area contributed by atoms with Crippen LogP contribution < -0.4 is 15.5 Å². The molecule has 1 saturated heterocycles. The number of anilines is 3. The molecule has 27 heavy (non-hydrogen) atoms. The van der Waals surface area contributed by atoms with E-state index in [2.05, 4.69) is 10.6 Å². The smallest absolute Gasteiger partial charge is 0.321 e. The molecule has 2 aromatic carbocycles. The van der Waals surface area contributed by atoms with Crippen LogP contribution in [0.3, 0.4) is 0 Å². The van der Waals surface area contributed by atoms with Crippen LogP contribution in [0.15, 0.2) is 42.5 Å². The predicted octanol–water partition coefficient (Wildman–Crippen LogP) is 3.28. The number of urea groups is 1. The van der Waals surface area contributed by atoms with Gasteiger partial charge >= 0.3 is 6.03 Å². The molecule has 142 valence electrons. The first-order valence-electron chi connectivity index (χ1n) is 8.56. The van der Waals surface area contributed by atoms with Gasteiger partial charge in [0.15, 0.2) is 0 Å². The molecule has 1 aliphatic heterocycles. The highest BCUT2D eigenvalue weighted by molar-refractivity contribution is 5.91. The van der Waals surface area contributed by atoms with E-state index in [-0.39, 0.29) is 17.6 Å². The lowest BCUT2D eigenvalue weighted by atomic mass is 10.2. The lowest BCUT2D eigenvalue weighted by Crippen LogP contribution is -2.50. The third-order valence-corrected chi connectivity index (χ3v) is 4.28. The zero-order valence-corrected chi connectivity index (χ0v) is 14.8. The van der Waals surface area contributed by atoms with Crippen LogP contribution in [0.25, 0.3) is 0 Å². The van der Waals surface area contributed by atoms with Crippen molar-refractivity contribution < 1.29 is 18.4 Å². The van der Waals surface area contributed by atoms with Crippen LogP contribution in [0.4, 0.5) is 30.6 Å². The van der Waals surface area contributed by atoms with Gasteiger partial charge in [0.05, 0.1) is 0 Å². The van der Waals surface area contributed by atoms with E-state index >= 15 is 0 Å². The fraction of sp³-hybridized carbons (Fsp3) is 0.263. The Morgan fingerprint density at radius 1 is 0.852 bits per heavy atom. The second kappa shape index (κ2) is 8.03. The molecule has 8 heteroatoms. The Morgan fingerprint density at radius 2 is 1.37 bits per heavy atom. The summed E-state index contributed by atoms with van der Waals surface area (Å²) in [6.07, 6.45) is 0. The zero-order valence-electron chi connectivity index (χ0n) is 14.8. The topological polar surface area (TPSA) is 64.7 Å². The molecule has 0 aromatic heterocycles.